The van der Waals surface area contributed by atoms with Crippen LogP contribution in [0.2, 0.25) is 5.02 Å². The maximum atomic E-state index is 12.9. The van der Waals surface area contributed by atoms with E-state index in [1.165, 1.54) is 18.7 Å². The molecule has 0 fully saturated rings. The number of benzene rings is 1. The Bertz CT molecular complexity index is 865. The molecule has 1 aromatic heterocycles. The van der Waals surface area contributed by atoms with E-state index in [0.29, 0.717) is 16.4 Å². The number of hydrogen-bond acceptors (Lipinski definition) is 4. The molecule has 0 radical (unpaired) electrons. The highest BCUT2D eigenvalue weighted by Crippen LogP contribution is 2.18. The molecule has 0 bridgehead atoms. The van der Waals surface area contributed by atoms with Crippen LogP contribution in [-0.2, 0) is 9.59 Å². The van der Waals surface area contributed by atoms with Crippen LogP contribution in [-0.4, -0.2) is 56.7 Å². The third-order valence-electron chi connectivity index (χ3n) is 3.97. The molecule has 0 spiro atoms. The number of aliphatic carboxylic acids is 1. The van der Waals surface area contributed by atoms with E-state index in [0.717, 1.165) is 0 Å². The quantitative estimate of drug-likeness (QED) is 0.748. The summed E-state index contributed by atoms with van der Waals surface area (Å²) in [5, 5.41) is 16.7. The van der Waals surface area contributed by atoms with Gasteiger partial charge in [0.05, 0.1) is 5.69 Å². The van der Waals surface area contributed by atoms with Gasteiger partial charge >= 0.3 is 5.97 Å². The number of nitrogens with one attached hydrogen (secondary N) is 1. The van der Waals surface area contributed by atoms with Crippen molar-refractivity contribution in [2.24, 2.45) is 0 Å². The third-order valence-corrected chi connectivity index (χ3v) is 4.21. The van der Waals surface area contributed by atoms with Gasteiger partial charge in [0, 0.05) is 30.7 Å². The molecule has 1 atom stereocenters. The maximum absolute atomic E-state index is 12.9. The lowest BCUT2D eigenvalue weighted by Gasteiger charge is -2.25. The van der Waals surface area contributed by atoms with E-state index < -0.39 is 17.9 Å². The fraction of sp³-hybridized carbons (Fsp3) is 0.333. The first-order chi connectivity index (χ1) is 12.7. The Hall–Kier alpha value is -2.87. The Morgan fingerprint density at radius 1 is 1.33 bits per heavy atom. The SMILES string of the molecule is CC(=O)NCCN(C(=O)c1cc(C)n(-c2cccc(Cl)c2)n1)C(C)C(=O)O. The Kier molecular flexibility index (Phi) is 6.57. The number of carbonyl (C=O) groups excluding carboxylic acids is 2. The zero-order valence-corrected chi connectivity index (χ0v) is 16.0. The highest BCUT2D eigenvalue weighted by atomic mass is 35.5. The van der Waals surface area contributed by atoms with Crippen LogP contribution >= 0.6 is 11.6 Å². The number of halogens is 1. The average molecular weight is 393 g/mol. The number of rotatable bonds is 7. The Morgan fingerprint density at radius 2 is 2.04 bits per heavy atom. The van der Waals surface area contributed by atoms with Gasteiger partial charge in [-0.05, 0) is 38.1 Å². The van der Waals surface area contributed by atoms with Crippen molar-refractivity contribution in [1.82, 2.24) is 20.0 Å². The zero-order chi connectivity index (χ0) is 20.1. The fourth-order valence-corrected chi connectivity index (χ4v) is 2.74. The zero-order valence-electron chi connectivity index (χ0n) is 15.3. The number of aryl methyl sites for hydroxylation is 1. The molecule has 2 aromatic rings. The maximum Gasteiger partial charge on any atom is 0.326 e. The predicted octanol–water partition coefficient (Wildman–Crippen LogP) is 1.89. The molecule has 144 valence electrons. The van der Waals surface area contributed by atoms with Gasteiger partial charge < -0.3 is 15.3 Å². The van der Waals surface area contributed by atoms with Crippen LogP contribution in [0, 0.1) is 6.92 Å². The van der Waals surface area contributed by atoms with Gasteiger partial charge in [-0.3, -0.25) is 9.59 Å². The highest BCUT2D eigenvalue weighted by molar-refractivity contribution is 6.30. The van der Waals surface area contributed by atoms with E-state index >= 15 is 0 Å². The number of carbonyl (C=O) groups is 3. The summed E-state index contributed by atoms with van der Waals surface area (Å²) in [6.45, 7) is 4.74. The van der Waals surface area contributed by atoms with E-state index in [4.69, 9.17) is 11.6 Å². The number of carboxylic acid groups (broad SMARTS) is 1. The molecule has 0 saturated carbocycles. The molecule has 2 rings (SSSR count). The fourth-order valence-electron chi connectivity index (χ4n) is 2.55. The first kappa shape index (κ1) is 20.4. The molecule has 27 heavy (non-hydrogen) atoms. The van der Waals surface area contributed by atoms with Gasteiger partial charge in [-0.15, -0.1) is 0 Å². The van der Waals surface area contributed by atoms with Crippen molar-refractivity contribution >= 4 is 29.4 Å². The summed E-state index contributed by atoms with van der Waals surface area (Å²) in [5.74, 6) is -1.93. The molecule has 9 heteroatoms. The van der Waals surface area contributed by atoms with Crippen molar-refractivity contribution in [3.05, 3.63) is 46.7 Å². The second kappa shape index (κ2) is 8.68. The normalized spacial score (nSPS) is 11.7. The molecule has 8 nitrogen and oxygen atoms in total. The number of aromatic nitrogens is 2. The molecule has 1 heterocycles. The summed E-state index contributed by atoms with van der Waals surface area (Å²) in [6.07, 6.45) is 0. The minimum absolute atomic E-state index is 0.0505. The molecule has 0 aliphatic carbocycles. The summed E-state index contributed by atoms with van der Waals surface area (Å²) in [4.78, 5) is 36.5. The topological polar surface area (TPSA) is 105 Å². The van der Waals surface area contributed by atoms with Crippen molar-refractivity contribution in [3.8, 4) is 5.69 Å². The van der Waals surface area contributed by atoms with Crippen LogP contribution < -0.4 is 5.32 Å². The van der Waals surface area contributed by atoms with Crippen LogP contribution in [0.25, 0.3) is 5.69 Å². The van der Waals surface area contributed by atoms with Crippen molar-refractivity contribution < 1.29 is 19.5 Å². The Labute approximate surface area is 161 Å². The van der Waals surface area contributed by atoms with Gasteiger partial charge in [0.1, 0.15) is 6.04 Å². The molecule has 2 N–H and O–H groups in total. The molecule has 0 aliphatic rings. The van der Waals surface area contributed by atoms with Crippen molar-refractivity contribution in [3.63, 3.8) is 0 Å². The number of amides is 2. The number of carboxylic acids is 1. The lowest BCUT2D eigenvalue weighted by atomic mass is 10.2. The molecular formula is C18H21ClN4O4. The monoisotopic (exact) mass is 392 g/mol. The minimum Gasteiger partial charge on any atom is -0.480 e. The smallest absolute Gasteiger partial charge is 0.326 e. The third kappa shape index (κ3) is 5.07. The molecule has 0 aliphatic heterocycles. The van der Waals surface area contributed by atoms with Crippen LogP contribution in [0.4, 0.5) is 0 Å². The van der Waals surface area contributed by atoms with E-state index in [9.17, 15) is 19.5 Å². The summed E-state index contributed by atoms with van der Waals surface area (Å²) in [5.41, 5.74) is 1.50. The highest BCUT2D eigenvalue weighted by Gasteiger charge is 2.28. The van der Waals surface area contributed by atoms with E-state index in [-0.39, 0.29) is 24.7 Å². The van der Waals surface area contributed by atoms with Crippen LogP contribution in [0.15, 0.2) is 30.3 Å². The first-order valence-corrected chi connectivity index (χ1v) is 8.69. The van der Waals surface area contributed by atoms with E-state index in [2.05, 4.69) is 10.4 Å². The average Bonchev–Trinajstić information content (AvgIpc) is 2.99. The van der Waals surface area contributed by atoms with Gasteiger partial charge in [0.25, 0.3) is 5.91 Å². The minimum atomic E-state index is -1.14. The van der Waals surface area contributed by atoms with Crippen LogP contribution in [0.1, 0.15) is 30.0 Å². The van der Waals surface area contributed by atoms with E-state index in [1.54, 1.807) is 41.9 Å². The second-order valence-electron chi connectivity index (χ2n) is 6.06. The molecule has 0 saturated heterocycles. The second-order valence-corrected chi connectivity index (χ2v) is 6.49. The van der Waals surface area contributed by atoms with Gasteiger partial charge in [-0.1, -0.05) is 17.7 Å². The number of hydrogen-bond donors (Lipinski definition) is 2. The van der Waals surface area contributed by atoms with Gasteiger partial charge in [-0.2, -0.15) is 5.10 Å². The summed E-state index contributed by atoms with van der Waals surface area (Å²) < 4.78 is 1.57. The Balaban J connectivity index is 2.30. The first-order valence-electron chi connectivity index (χ1n) is 8.31. The standard InChI is InChI=1S/C18H21ClN4O4/c1-11-9-16(21-23(11)15-6-4-5-14(19)10-15)17(25)22(12(2)18(26)27)8-7-20-13(3)24/h4-6,9-10,12H,7-8H2,1-3H3,(H,20,24)(H,26,27). The molecule has 2 amide bonds. The van der Waals surface area contributed by atoms with Crippen LogP contribution in [0.3, 0.4) is 0 Å². The van der Waals surface area contributed by atoms with Gasteiger partial charge in [0.2, 0.25) is 5.91 Å². The van der Waals surface area contributed by atoms with Crippen molar-refractivity contribution in [2.45, 2.75) is 26.8 Å². The number of nitrogens with zero attached hydrogens (tertiary/aromatic N) is 3. The van der Waals surface area contributed by atoms with Gasteiger partial charge in [-0.25, -0.2) is 9.48 Å². The van der Waals surface area contributed by atoms with Gasteiger partial charge in [0.15, 0.2) is 5.69 Å². The summed E-state index contributed by atoms with van der Waals surface area (Å²) in [7, 11) is 0. The molecule has 1 unspecified atom stereocenters. The molecular weight excluding hydrogens is 372 g/mol. The van der Waals surface area contributed by atoms with Crippen molar-refractivity contribution in [2.75, 3.05) is 13.1 Å². The molecule has 1 aromatic carbocycles. The summed E-state index contributed by atoms with van der Waals surface area (Å²) in [6, 6.07) is 7.53. The Morgan fingerprint density at radius 3 is 2.63 bits per heavy atom. The van der Waals surface area contributed by atoms with E-state index in [1.807, 2.05) is 0 Å². The largest absolute Gasteiger partial charge is 0.480 e. The van der Waals surface area contributed by atoms with Crippen LogP contribution in [0.5, 0.6) is 0 Å². The lowest BCUT2D eigenvalue weighted by Crippen LogP contribution is -2.46. The van der Waals surface area contributed by atoms with Crippen molar-refractivity contribution in [1.29, 1.82) is 0 Å². The predicted molar refractivity (Wildman–Crippen MR) is 100 cm³/mol. The lowest BCUT2D eigenvalue weighted by molar-refractivity contribution is -0.141. The summed E-state index contributed by atoms with van der Waals surface area (Å²) >= 11 is 6.01.